The lowest BCUT2D eigenvalue weighted by Crippen LogP contribution is -2.27. The van der Waals surface area contributed by atoms with Crippen molar-refractivity contribution in [2.75, 3.05) is 11.9 Å². The molecule has 3 aromatic heterocycles. The molecule has 0 bridgehead atoms. The van der Waals surface area contributed by atoms with Crippen molar-refractivity contribution in [3.63, 3.8) is 0 Å². The van der Waals surface area contributed by atoms with E-state index in [4.69, 9.17) is 11.6 Å². The van der Waals surface area contributed by atoms with E-state index in [-0.39, 0.29) is 17.2 Å². The van der Waals surface area contributed by atoms with Gasteiger partial charge >= 0.3 is 0 Å². The lowest BCUT2D eigenvalue weighted by atomic mass is 10.1. The maximum Gasteiger partial charge on any atom is 0.251 e. The van der Waals surface area contributed by atoms with Crippen LogP contribution in [0.1, 0.15) is 17.3 Å². The van der Waals surface area contributed by atoms with Crippen molar-refractivity contribution in [2.45, 2.75) is 13.0 Å². The smallest absolute Gasteiger partial charge is 0.251 e. The molecule has 0 aliphatic carbocycles. The molecule has 0 unspecified atom stereocenters. The molecule has 1 aromatic carbocycles. The number of H-pyrrole nitrogens is 1. The largest absolute Gasteiger partial charge is 0.394 e. The van der Waals surface area contributed by atoms with Gasteiger partial charge in [0.2, 0.25) is 5.95 Å². The summed E-state index contributed by atoms with van der Waals surface area (Å²) in [6.45, 7) is 1.47. The molecule has 158 valence electrons. The van der Waals surface area contributed by atoms with Crippen LogP contribution in [0.15, 0.2) is 59.7 Å². The summed E-state index contributed by atoms with van der Waals surface area (Å²) in [6, 6.07) is 10.0. The van der Waals surface area contributed by atoms with Crippen molar-refractivity contribution in [2.24, 2.45) is 0 Å². The molecule has 3 heterocycles. The summed E-state index contributed by atoms with van der Waals surface area (Å²) < 4.78 is 15.2. The van der Waals surface area contributed by atoms with Crippen LogP contribution in [0.4, 0.5) is 16.2 Å². The van der Waals surface area contributed by atoms with Gasteiger partial charge in [0.1, 0.15) is 11.6 Å². The molecule has 0 saturated carbocycles. The molecule has 31 heavy (non-hydrogen) atoms. The van der Waals surface area contributed by atoms with Crippen LogP contribution in [0.3, 0.4) is 0 Å². The summed E-state index contributed by atoms with van der Waals surface area (Å²) in [5.74, 6) is 0.372. The number of benzene rings is 1. The highest BCUT2D eigenvalue weighted by Crippen LogP contribution is 2.23. The van der Waals surface area contributed by atoms with Crippen molar-refractivity contribution in [3.05, 3.63) is 87.3 Å². The lowest BCUT2D eigenvalue weighted by Gasteiger charge is -2.18. The van der Waals surface area contributed by atoms with Crippen LogP contribution in [0.5, 0.6) is 0 Å². The quantitative estimate of drug-likeness (QED) is 0.423. The van der Waals surface area contributed by atoms with Crippen LogP contribution >= 0.6 is 11.6 Å². The molecule has 0 spiro atoms. The zero-order chi connectivity index (χ0) is 22.0. The Balaban J connectivity index is 1.63. The van der Waals surface area contributed by atoms with Gasteiger partial charge in [-0.15, -0.1) is 0 Å². The van der Waals surface area contributed by atoms with Crippen molar-refractivity contribution in [3.8, 4) is 11.3 Å². The van der Waals surface area contributed by atoms with Crippen LogP contribution in [0, 0.1) is 12.7 Å². The lowest BCUT2D eigenvalue weighted by molar-refractivity contribution is 0.247. The highest BCUT2D eigenvalue weighted by Gasteiger charge is 2.16. The molecule has 1 atom stereocenters. The van der Waals surface area contributed by atoms with Crippen molar-refractivity contribution < 1.29 is 9.50 Å². The zero-order valence-corrected chi connectivity index (χ0v) is 17.1. The van der Waals surface area contributed by atoms with Gasteiger partial charge in [0, 0.05) is 30.1 Å². The van der Waals surface area contributed by atoms with Gasteiger partial charge in [-0.05, 0) is 36.8 Å². The Bertz CT molecular complexity index is 1290. The maximum atomic E-state index is 13.8. The highest BCUT2D eigenvalue weighted by molar-refractivity contribution is 6.30. The third-order valence-corrected chi connectivity index (χ3v) is 5.00. The normalized spacial score (nSPS) is 12.0. The molecule has 0 aliphatic rings. The van der Waals surface area contributed by atoms with E-state index in [0.717, 1.165) is 5.69 Å². The van der Waals surface area contributed by atoms with E-state index < -0.39 is 11.9 Å². The number of rotatable bonds is 6. The van der Waals surface area contributed by atoms with Crippen LogP contribution < -0.4 is 10.9 Å². The number of aliphatic hydroxyl groups is 1. The standard InChI is InChI=1S/C21H18ClFN6O2/c1-12-8-19(28-27-12)26-21-24-6-4-17(25-21)13-5-7-29(20(31)10-13)18(11-30)14-2-3-15(22)16(23)9-14/h2-10,18,30H,11H2,1H3,(H2,24,25,26,27,28)/t18-/m1/s1. The Labute approximate surface area is 181 Å². The third-order valence-electron chi connectivity index (χ3n) is 4.69. The molecule has 0 aliphatic heterocycles. The van der Waals surface area contributed by atoms with E-state index in [2.05, 4.69) is 25.5 Å². The summed E-state index contributed by atoms with van der Waals surface area (Å²) >= 11 is 5.73. The summed E-state index contributed by atoms with van der Waals surface area (Å²) in [4.78, 5) is 21.4. The van der Waals surface area contributed by atoms with Gasteiger partial charge < -0.3 is 15.0 Å². The van der Waals surface area contributed by atoms with E-state index in [0.29, 0.717) is 28.6 Å². The van der Waals surface area contributed by atoms with Gasteiger partial charge in [0.15, 0.2) is 0 Å². The SMILES string of the molecule is Cc1cc(Nc2nccc(-c3ccn([C@H](CO)c4ccc(Cl)c(F)c4)c(=O)c3)n2)[nH]n1. The summed E-state index contributed by atoms with van der Waals surface area (Å²) in [5, 5.41) is 19.7. The molecule has 0 radical (unpaired) electrons. The topological polar surface area (TPSA) is 109 Å². The Kier molecular flexibility index (Phi) is 5.79. The number of hydrogen-bond acceptors (Lipinski definition) is 6. The molecule has 10 heteroatoms. The molecule has 3 N–H and O–H groups in total. The van der Waals surface area contributed by atoms with Gasteiger partial charge in [-0.3, -0.25) is 9.89 Å². The van der Waals surface area contributed by atoms with Crippen LogP contribution in [-0.2, 0) is 0 Å². The molecular formula is C21H18ClFN6O2. The molecule has 0 amide bonds. The number of aryl methyl sites for hydroxylation is 1. The predicted molar refractivity (Wildman–Crippen MR) is 115 cm³/mol. The first kappa shape index (κ1) is 20.7. The first-order chi connectivity index (χ1) is 14.9. The number of halogens is 2. The number of aromatic nitrogens is 5. The Morgan fingerprint density at radius 1 is 1.26 bits per heavy atom. The van der Waals surface area contributed by atoms with E-state index in [1.54, 1.807) is 30.6 Å². The second-order valence-corrected chi connectivity index (χ2v) is 7.25. The number of nitrogens with one attached hydrogen (secondary N) is 2. The van der Waals surface area contributed by atoms with Gasteiger partial charge in [-0.2, -0.15) is 5.10 Å². The number of aromatic amines is 1. The summed E-state index contributed by atoms with van der Waals surface area (Å²) in [6.07, 6.45) is 3.12. The van der Waals surface area contributed by atoms with Crippen molar-refractivity contribution in [1.82, 2.24) is 24.7 Å². The van der Waals surface area contributed by atoms with E-state index >= 15 is 0 Å². The van der Waals surface area contributed by atoms with Gasteiger partial charge in [-0.25, -0.2) is 14.4 Å². The van der Waals surface area contributed by atoms with Crippen LogP contribution in [0.2, 0.25) is 5.02 Å². The highest BCUT2D eigenvalue weighted by atomic mass is 35.5. The average molecular weight is 441 g/mol. The number of hydrogen-bond donors (Lipinski definition) is 3. The third kappa shape index (κ3) is 4.47. The summed E-state index contributed by atoms with van der Waals surface area (Å²) in [7, 11) is 0. The van der Waals surface area contributed by atoms with Gasteiger partial charge in [0.25, 0.3) is 5.56 Å². The summed E-state index contributed by atoms with van der Waals surface area (Å²) in [5.41, 5.74) is 2.00. The number of anilines is 2. The van der Waals surface area contributed by atoms with Crippen LogP contribution in [0.25, 0.3) is 11.3 Å². The molecule has 4 aromatic rings. The molecular weight excluding hydrogens is 423 g/mol. The first-order valence-corrected chi connectivity index (χ1v) is 9.73. The van der Waals surface area contributed by atoms with Crippen molar-refractivity contribution in [1.29, 1.82) is 0 Å². The molecule has 4 rings (SSSR count). The minimum absolute atomic E-state index is 0.0263. The maximum absolute atomic E-state index is 13.8. The minimum atomic E-state index is -0.750. The van der Waals surface area contributed by atoms with Gasteiger partial charge in [0.05, 0.1) is 29.1 Å². The average Bonchev–Trinajstić information content (AvgIpc) is 3.17. The monoisotopic (exact) mass is 440 g/mol. The number of pyridine rings is 1. The molecule has 8 nitrogen and oxygen atoms in total. The second kappa shape index (κ2) is 8.66. The fraction of sp³-hybridized carbons (Fsp3) is 0.143. The fourth-order valence-electron chi connectivity index (χ4n) is 3.17. The fourth-order valence-corrected chi connectivity index (χ4v) is 3.28. The van der Waals surface area contributed by atoms with Gasteiger partial charge in [-0.1, -0.05) is 17.7 Å². The predicted octanol–water partition coefficient (Wildman–Crippen LogP) is 3.45. The first-order valence-electron chi connectivity index (χ1n) is 9.35. The Hall–Kier alpha value is -3.56. The number of nitrogens with zero attached hydrogens (tertiary/aromatic N) is 4. The number of aliphatic hydroxyl groups excluding tert-OH is 1. The minimum Gasteiger partial charge on any atom is -0.394 e. The Morgan fingerprint density at radius 3 is 2.77 bits per heavy atom. The second-order valence-electron chi connectivity index (χ2n) is 6.85. The molecule has 0 saturated heterocycles. The Morgan fingerprint density at radius 2 is 2.10 bits per heavy atom. The zero-order valence-electron chi connectivity index (χ0n) is 16.4. The van der Waals surface area contributed by atoms with E-state index in [9.17, 15) is 14.3 Å². The van der Waals surface area contributed by atoms with E-state index in [1.165, 1.54) is 22.8 Å². The van der Waals surface area contributed by atoms with E-state index in [1.807, 2.05) is 13.0 Å². The van der Waals surface area contributed by atoms with Crippen LogP contribution in [-0.4, -0.2) is 36.4 Å². The van der Waals surface area contributed by atoms with Crippen molar-refractivity contribution >= 4 is 23.4 Å². The molecule has 0 fully saturated rings.